The first kappa shape index (κ1) is 9.25. The van der Waals surface area contributed by atoms with Gasteiger partial charge < -0.3 is 4.74 Å². The molecule has 0 N–H and O–H groups in total. The van der Waals surface area contributed by atoms with Crippen LogP contribution in [-0.2, 0) is 4.79 Å². The molecule has 0 saturated heterocycles. The number of Topliss-reactive ketones (excluding diaryl/α,β-unsaturated/α-hetero) is 1. The van der Waals surface area contributed by atoms with E-state index in [0.717, 1.165) is 25.0 Å². The van der Waals surface area contributed by atoms with E-state index < -0.39 is 0 Å². The molecule has 74 valence electrons. The number of rotatable bonds is 2. The van der Waals surface area contributed by atoms with E-state index in [2.05, 4.69) is 0 Å². The zero-order valence-electron chi connectivity index (χ0n) is 8.11. The van der Waals surface area contributed by atoms with E-state index in [9.17, 15) is 4.79 Å². The van der Waals surface area contributed by atoms with Crippen molar-refractivity contribution < 1.29 is 9.53 Å². The lowest BCUT2D eigenvalue weighted by atomic mass is 9.96. The molecule has 1 saturated carbocycles. The van der Waals surface area contributed by atoms with Crippen LogP contribution in [0.2, 0.25) is 0 Å². The standard InChI is InChI=1S/C12H14O2/c13-11-8-4-5-9-12(11)14-10-6-2-1-3-7-10/h1-3,6-7,12H,4-5,8-9H2/t12-/m1/s1. The zero-order valence-corrected chi connectivity index (χ0v) is 8.11. The van der Waals surface area contributed by atoms with E-state index >= 15 is 0 Å². The van der Waals surface area contributed by atoms with Crippen molar-refractivity contribution in [3.05, 3.63) is 30.3 Å². The van der Waals surface area contributed by atoms with Crippen molar-refractivity contribution in [1.29, 1.82) is 0 Å². The Morgan fingerprint density at radius 1 is 1.14 bits per heavy atom. The monoisotopic (exact) mass is 190 g/mol. The van der Waals surface area contributed by atoms with E-state index in [4.69, 9.17) is 4.74 Å². The molecule has 1 atom stereocenters. The van der Waals surface area contributed by atoms with Crippen LogP contribution in [0.1, 0.15) is 25.7 Å². The first-order valence-corrected chi connectivity index (χ1v) is 5.11. The predicted molar refractivity (Wildman–Crippen MR) is 54.3 cm³/mol. The second-order valence-electron chi connectivity index (χ2n) is 3.63. The highest BCUT2D eigenvalue weighted by Gasteiger charge is 2.23. The highest BCUT2D eigenvalue weighted by molar-refractivity contribution is 5.84. The molecule has 2 rings (SSSR count). The number of hydrogen-bond acceptors (Lipinski definition) is 2. The fraction of sp³-hybridized carbons (Fsp3) is 0.417. The Morgan fingerprint density at radius 2 is 1.93 bits per heavy atom. The molecular weight excluding hydrogens is 176 g/mol. The van der Waals surface area contributed by atoms with Gasteiger partial charge in [-0.2, -0.15) is 0 Å². The summed E-state index contributed by atoms with van der Waals surface area (Å²) in [5.41, 5.74) is 0. The first-order valence-electron chi connectivity index (χ1n) is 5.11. The third-order valence-electron chi connectivity index (χ3n) is 2.52. The normalized spacial score (nSPS) is 22.0. The quantitative estimate of drug-likeness (QED) is 0.716. The van der Waals surface area contributed by atoms with E-state index in [1.807, 2.05) is 30.3 Å². The molecule has 0 amide bonds. The van der Waals surface area contributed by atoms with Crippen molar-refractivity contribution in [3.63, 3.8) is 0 Å². The number of benzene rings is 1. The van der Waals surface area contributed by atoms with Gasteiger partial charge >= 0.3 is 0 Å². The van der Waals surface area contributed by atoms with E-state index in [1.165, 1.54) is 0 Å². The van der Waals surface area contributed by atoms with Gasteiger partial charge in [0.1, 0.15) is 5.75 Å². The van der Waals surface area contributed by atoms with Crippen molar-refractivity contribution in [3.8, 4) is 5.75 Å². The maximum Gasteiger partial charge on any atom is 0.173 e. The van der Waals surface area contributed by atoms with Gasteiger partial charge in [0, 0.05) is 6.42 Å². The number of para-hydroxylation sites is 1. The van der Waals surface area contributed by atoms with E-state index in [0.29, 0.717) is 6.42 Å². The summed E-state index contributed by atoms with van der Waals surface area (Å²) in [6.45, 7) is 0. The summed E-state index contributed by atoms with van der Waals surface area (Å²) in [6, 6.07) is 9.56. The van der Waals surface area contributed by atoms with Crippen LogP contribution in [0.15, 0.2) is 30.3 Å². The lowest BCUT2D eigenvalue weighted by Gasteiger charge is -2.21. The van der Waals surface area contributed by atoms with Crippen molar-refractivity contribution in [2.45, 2.75) is 31.8 Å². The SMILES string of the molecule is O=C1CCCC[C@H]1Oc1ccccc1. The lowest BCUT2D eigenvalue weighted by molar-refractivity contribution is -0.127. The third kappa shape index (κ3) is 2.13. The van der Waals surface area contributed by atoms with Crippen LogP contribution in [0.3, 0.4) is 0 Å². The number of ether oxygens (including phenoxy) is 1. The summed E-state index contributed by atoms with van der Waals surface area (Å²) >= 11 is 0. The maximum absolute atomic E-state index is 11.5. The summed E-state index contributed by atoms with van der Waals surface area (Å²) in [7, 11) is 0. The van der Waals surface area contributed by atoms with Gasteiger partial charge in [-0.25, -0.2) is 0 Å². The minimum Gasteiger partial charge on any atom is -0.483 e. The van der Waals surface area contributed by atoms with Crippen LogP contribution in [0.25, 0.3) is 0 Å². The Labute approximate surface area is 83.9 Å². The molecule has 0 heterocycles. The van der Waals surface area contributed by atoms with Crippen molar-refractivity contribution in [1.82, 2.24) is 0 Å². The third-order valence-corrected chi connectivity index (χ3v) is 2.52. The van der Waals surface area contributed by atoms with Gasteiger partial charge in [-0.1, -0.05) is 18.2 Å². The molecule has 1 aliphatic rings. The Kier molecular flexibility index (Phi) is 2.82. The molecular formula is C12H14O2. The van der Waals surface area contributed by atoms with Gasteiger partial charge in [0.05, 0.1) is 0 Å². The Morgan fingerprint density at radius 3 is 2.64 bits per heavy atom. The van der Waals surface area contributed by atoms with Crippen LogP contribution in [0, 0.1) is 0 Å². The Hall–Kier alpha value is -1.31. The molecule has 0 spiro atoms. The molecule has 2 nitrogen and oxygen atoms in total. The summed E-state index contributed by atoms with van der Waals surface area (Å²) < 4.78 is 5.62. The Balaban J connectivity index is 2.00. The molecule has 1 fully saturated rings. The average molecular weight is 190 g/mol. The minimum absolute atomic E-state index is 0.203. The van der Waals surface area contributed by atoms with Gasteiger partial charge in [-0.3, -0.25) is 4.79 Å². The van der Waals surface area contributed by atoms with Crippen LogP contribution >= 0.6 is 0 Å². The molecule has 1 aromatic rings. The number of ketones is 1. The van der Waals surface area contributed by atoms with Crippen molar-refractivity contribution in [2.24, 2.45) is 0 Å². The largest absolute Gasteiger partial charge is 0.483 e. The molecule has 2 heteroatoms. The van der Waals surface area contributed by atoms with E-state index in [-0.39, 0.29) is 11.9 Å². The summed E-state index contributed by atoms with van der Waals surface area (Å²) in [5, 5.41) is 0. The smallest absolute Gasteiger partial charge is 0.173 e. The summed E-state index contributed by atoms with van der Waals surface area (Å²) in [4.78, 5) is 11.5. The number of carbonyl (C=O) groups excluding carboxylic acids is 1. The maximum atomic E-state index is 11.5. The van der Waals surface area contributed by atoms with Gasteiger partial charge in [0.15, 0.2) is 11.9 Å². The van der Waals surface area contributed by atoms with Crippen LogP contribution in [-0.4, -0.2) is 11.9 Å². The average Bonchev–Trinajstić information content (AvgIpc) is 2.23. The van der Waals surface area contributed by atoms with Gasteiger partial charge in [0.25, 0.3) is 0 Å². The van der Waals surface area contributed by atoms with Crippen LogP contribution < -0.4 is 4.74 Å². The zero-order chi connectivity index (χ0) is 9.80. The Bertz CT molecular complexity index is 305. The highest BCUT2D eigenvalue weighted by Crippen LogP contribution is 2.20. The lowest BCUT2D eigenvalue weighted by Crippen LogP contribution is -2.30. The minimum atomic E-state index is -0.203. The first-order chi connectivity index (χ1) is 6.86. The fourth-order valence-electron chi connectivity index (χ4n) is 1.74. The molecule has 0 radical (unpaired) electrons. The molecule has 0 bridgehead atoms. The van der Waals surface area contributed by atoms with Gasteiger partial charge in [-0.15, -0.1) is 0 Å². The molecule has 0 unspecified atom stereocenters. The van der Waals surface area contributed by atoms with Crippen molar-refractivity contribution in [2.75, 3.05) is 0 Å². The molecule has 1 aromatic carbocycles. The second kappa shape index (κ2) is 4.27. The summed E-state index contributed by atoms with van der Waals surface area (Å²) in [5.74, 6) is 1.05. The van der Waals surface area contributed by atoms with E-state index in [1.54, 1.807) is 0 Å². The molecule has 14 heavy (non-hydrogen) atoms. The van der Waals surface area contributed by atoms with Crippen LogP contribution in [0.5, 0.6) is 5.75 Å². The second-order valence-corrected chi connectivity index (χ2v) is 3.63. The topological polar surface area (TPSA) is 26.3 Å². The number of carbonyl (C=O) groups is 1. The van der Waals surface area contributed by atoms with Crippen LogP contribution in [0.4, 0.5) is 0 Å². The van der Waals surface area contributed by atoms with Gasteiger partial charge in [-0.05, 0) is 31.4 Å². The van der Waals surface area contributed by atoms with Crippen molar-refractivity contribution >= 4 is 5.78 Å². The fourth-order valence-corrected chi connectivity index (χ4v) is 1.74. The number of hydrogen-bond donors (Lipinski definition) is 0. The molecule has 0 aromatic heterocycles. The summed E-state index contributed by atoms with van der Waals surface area (Å²) in [6.07, 6.45) is 3.47. The highest BCUT2D eigenvalue weighted by atomic mass is 16.5. The molecule has 1 aliphatic carbocycles. The van der Waals surface area contributed by atoms with Gasteiger partial charge in [0.2, 0.25) is 0 Å². The molecule has 0 aliphatic heterocycles. The predicted octanol–water partition coefficient (Wildman–Crippen LogP) is 2.58.